The average Bonchev–Trinajstić information content (AvgIpc) is 2.76. The van der Waals surface area contributed by atoms with Crippen LogP contribution in [0.15, 0.2) is 60.7 Å². The monoisotopic (exact) mass is 399 g/mol. The molecule has 1 fully saturated rings. The van der Waals surface area contributed by atoms with Crippen molar-refractivity contribution in [3.63, 3.8) is 0 Å². The highest BCUT2D eigenvalue weighted by Gasteiger charge is 2.47. The van der Waals surface area contributed by atoms with Gasteiger partial charge in [-0.3, -0.25) is 10.1 Å². The van der Waals surface area contributed by atoms with Crippen LogP contribution >= 0.6 is 0 Å². The first-order chi connectivity index (χ1) is 14.0. The molecule has 1 aliphatic rings. The van der Waals surface area contributed by atoms with Crippen LogP contribution in [-0.2, 0) is 31.0 Å². The largest absolute Gasteiger partial charge is 0.468 e. The van der Waals surface area contributed by atoms with Gasteiger partial charge in [-0.2, -0.15) is 0 Å². The van der Waals surface area contributed by atoms with E-state index in [0.717, 1.165) is 11.1 Å². The van der Waals surface area contributed by atoms with E-state index in [2.05, 4.69) is 5.32 Å². The van der Waals surface area contributed by atoms with E-state index in [9.17, 15) is 9.90 Å². The van der Waals surface area contributed by atoms with Crippen LogP contribution in [0.3, 0.4) is 0 Å². The standard InChI is InChI=1S/C23H29NO5/c1-23(17-12-8-5-9-13-17)20(25)15-19(22(28-3)29-23)24-18(21(26)27-2)14-16-10-6-4-7-11-16/h4-13,18-20,22,24-25H,14-15H2,1-3H3/t18-,19+,20-,22-,23-/m0/s1. The fraction of sp³-hybridized carbons (Fsp3) is 0.435. The molecule has 0 spiro atoms. The van der Waals surface area contributed by atoms with Crippen LogP contribution in [0.2, 0.25) is 0 Å². The molecule has 2 aromatic rings. The summed E-state index contributed by atoms with van der Waals surface area (Å²) in [4.78, 5) is 12.4. The predicted molar refractivity (Wildman–Crippen MR) is 109 cm³/mol. The van der Waals surface area contributed by atoms with Gasteiger partial charge in [-0.15, -0.1) is 0 Å². The lowest BCUT2D eigenvalue weighted by Crippen LogP contribution is -2.60. The highest BCUT2D eigenvalue weighted by atomic mass is 16.7. The zero-order valence-electron chi connectivity index (χ0n) is 17.1. The zero-order chi connectivity index (χ0) is 20.9. The van der Waals surface area contributed by atoms with Gasteiger partial charge >= 0.3 is 5.97 Å². The second kappa shape index (κ2) is 9.50. The SMILES string of the molecule is COC(=O)[C@H](Cc1ccccc1)N[C@@H]1C[C@H](O)[C@](C)(c2ccccc2)O[C@@H]1OC. The van der Waals surface area contributed by atoms with Crippen LogP contribution in [0.25, 0.3) is 0 Å². The summed E-state index contributed by atoms with van der Waals surface area (Å²) in [5.74, 6) is -0.366. The van der Waals surface area contributed by atoms with Crippen molar-refractivity contribution < 1.29 is 24.1 Å². The number of esters is 1. The Morgan fingerprint density at radius 2 is 1.79 bits per heavy atom. The van der Waals surface area contributed by atoms with Crippen molar-refractivity contribution >= 4 is 5.97 Å². The highest BCUT2D eigenvalue weighted by molar-refractivity contribution is 5.76. The summed E-state index contributed by atoms with van der Waals surface area (Å²) in [5, 5.41) is 14.2. The van der Waals surface area contributed by atoms with Crippen LogP contribution in [-0.4, -0.2) is 49.8 Å². The first-order valence-corrected chi connectivity index (χ1v) is 9.80. The first kappa shape index (κ1) is 21.5. The number of methoxy groups -OCH3 is 2. The van der Waals surface area contributed by atoms with Crippen molar-refractivity contribution in [2.24, 2.45) is 0 Å². The number of benzene rings is 2. The lowest BCUT2D eigenvalue weighted by Gasteiger charge is -2.46. The fourth-order valence-corrected chi connectivity index (χ4v) is 3.83. The van der Waals surface area contributed by atoms with E-state index in [1.165, 1.54) is 7.11 Å². The van der Waals surface area contributed by atoms with Gasteiger partial charge in [-0.1, -0.05) is 60.7 Å². The Balaban J connectivity index is 1.78. The third kappa shape index (κ3) is 4.85. The molecule has 29 heavy (non-hydrogen) atoms. The van der Waals surface area contributed by atoms with Gasteiger partial charge in [0.1, 0.15) is 11.6 Å². The molecule has 0 bridgehead atoms. The fourth-order valence-electron chi connectivity index (χ4n) is 3.83. The molecule has 5 atom stereocenters. The van der Waals surface area contributed by atoms with E-state index in [-0.39, 0.29) is 12.0 Å². The Kier molecular flexibility index (Phi) is 7.03. The third-order valence-electron chi connectivity index (χ3n) is 5.57. The summed E-state index contributed by atoms with van der Waals surface area (Å²) in [7, 11) is 2.93. The van der Waals surface area contributed by atoms with Gasteiger partial charge in [0.25, 0.3) is 0 Å². The van der Waals surface area contributed by atoms with Gasteiger partial charge in [0.15, 0.2) is 6.29 Å². The Morgan fingerprint density at radius 1 is 1.17 bits per heavy atom. The molecule has 6 heteroatoms. The summed E-state index contributed by atoms with van der Waals surface area (Å²) in [6.45, 7) is 1.86. The normalized spacial score (nSPS) is 27.9. The first-order valence-electron chi connectivity index (χ1n) is 9.80. The average molecular weight is 399 g/mol. The highest BCUT2D eigenvalue weighted by Crippen LogP contribution is 2.38. The number of hydrogen-bond acceptors (Lipinski definition) is 6. The second-order valence-corrected chi connectivity index (χ2v) is 7.49. The van der Waals surface area contributed by atoms with Gasteiger partial charge in [0, 0.05) is 7.11 Å². The predicted octanol–water partition coefficient (Wildman–Crippen LogP) is 2.40. The maximum absolute atomic E-state index is 12.4. The van der Waals surface area contributed by atoms with Gasteiger partial charge < -0.3 is 19.3 Å². The molecule has 0 aromatic heterocycles. The van der Waals surface area contributed by atoms with Crippen molar-refractivity contribution in [1.82, 2.24) is 5.32 Å². The number of carbonyl (C=O) groups is 1. The number of ether oxygens (including phenoxy) is 3. The van der Waals surface area contributed by atoms with Crippen LogP contribution in [0.1, 0.15) is 24.5 Å². The quantitative estimate of drug-likeness (QED) is 0.697. The van der Waals surface area contributed by atoms with Crippen molar-refractivity contribution in [3.8, 4) is 0 Å². The van der Waals surface area contributed by atoms with Crippen molar-refractivity contribution in [2.75, 3.05) is 14.2 Å². The molecule has 2 aromatic carbocycles. The van der Waals surface area contributed by atoms with E-state index in [1.54, 1.807) is 7.11 Å². The van der Waals surface area contributed by atoms with Crippen molar-refractivity contribution in [1.29, 1.82) is 0 Å². The summed E-state index contributed by atoms with van der Waals surface area (Å²) in [6.07, 6.45) is -0.575. The van der Waals surface area contributed by atoms with Crippen LogP contribution in [0, 0.1) is 0 Å². The molecule has 0 unspecified atom stereocenters. The minimum Gasteiger partial charge on any atom is -0.468 e. The zero-order valence-corrected chi connectivity index (χ0v) is 17.1. The Bertz CT molecular complexity index is 784. The van der Waals surface area contributed by atoms with Gasteiger partial charge in [-0.05, 0) is 30.9 Å². The molecule has 0 radical (unpaired) electrons. The Labute approximate surface area is 171 Å². The molecule has 1 saturated heterocycles. The summed E-state index contributed by atoms with van der Waals surface area (Å²) in [6, 6.07) is 18.4. The second-order valence-electron chi connectivity index (χ2n) is 7.49. The maximum Gasteiger partial charge on any atom is 0.323 e. The molecule has 156 valence electrons. The summed E-state index contributed by atoms with van der Waals surface area (Å²) >= 11 is 0. The number of aliphatic hydroxyl groups excluding tert-OH is 1. The van der Waals surface area contributed by atoms with Crippen molar-refractivity contribution in [2.45, 2.75) is 49.8 Å². The van der Waals surface area contributed by atoms with Crippen LogP contribution in [0.4, 0.5) is 0 Å². The van der Waals surface area contributed by atoms with Gasteiger partial charge in [0.2, 0.25) is 0 Å². The minimum absolute atomic E-state index is 0.366. The molecule has 0 amide bonds. The Morgan fingerprint density at radius 3 is 2.38 bits per heavy atom. The Hall–Kier alpha value is -2.25. The molecule has 6 nitrogen and oxygen atoms in total. The number of carbonyl (C=O) groups excluding carboxylic acids is 1. The molecular formula is C23H29NO5. The van der Waals surface area contributed by atoms with Gasteiger partial charge in [-0.25, -0.2) is 0 Å². The molecule has 1 aliphatic heterocycles. The third-order valence-corrected chi connectivity index (χ3v) is 5.57. The summed E-state index contributed by atoms with van der Waals surface area (Å²) < 4.78 is 16.8. The lowest BCUT2D eigenvalue weighted by atomic mass is 9.83. The van der Waals surface area contributed by atoms with E-state index in [4.69, 9.17) is 14.2 Å². The molecule has 2 N–H and O–H groups in total. The van der Waals surface area contributed by atoms with E-state index >= 15 is 0 Å². The maximum atomic E-state index is 12.4. The topological polar surface area (TPSA) is 77.0 Å². The van der Waals surface area contributed by atoms with E-state index < -0.39 is 24.0 Å². The molecule has 0 saturated carbocycles. The van der Waals surface area contributed by atoms with E-state index in [0.29, 0.717) is 12.8 Å². The summed E-state index contributed by atoms with van der Waals surface area (Å²) in [5.41, 5.74) is 0.984. The smallest absolute Gasteiger partial charge is 0.323 e. The van der Waals surface area contributed by atoms with E-state index in [1.807, 2.05) is 67.6 Å². The van der Waals surface area contributed by atoms with Crippen LogP contribution in [0.5, 0.6) is 0 Å². The van der Waals surface area contributed by atoms with Crippen molar-refractivity contribution in [3.05, 3.63) is 71.8 Å². The van der Waals surface area contributed by atoms with Crippen LogP contribution < -0.4 is 5.32 Å². The molecule has 3 rings (SSSR count). The van der Waals surface area contributed by atoms with Gasteiger partial charge in [0.05, 0.1) is 19.3 Å². The minimum atomic E-state index is -0.902. The number of nitrogens with one attached hydrogen (secondary N) is 1. The molecule has 0 aliphatic carbocycles. The number of aliphatic hydroxyl groups is 1. The lowest BCUT2D eigenvalue weighted by molar-refractivity contribution is -0.272. The number of hydrogen-bond donors (Lipinski definition) is 2. The molecule has 1 heterocycles. The molecular weight excluding hydrogens is 370 g/mol. The number of rotatable bonds is 7.